The minimum absolute atomic E-state index is 0.0248. The Hall–Kier alpha value is -1.21. The average Bonchev–Trinajstić information content (AvgIpc) is 2.29. The number of amides is 1. The summed E-state index contributed by atoms with van der Waals surface area (Å²) >= 11 is 3.10. The maximum atomic E-state index is 11.9. The third kappa shape index (κ3) is 3.92. The number of carbonyl (C=O) groups excluding carboxylic acids is 1. The van der Waals surface area contributed by atoms with Crippen molar-refractivity contribution in [3.8, 4) is 0 Å². The SMILES string of the molecule is CCNC(=O)CS(=O)c1ccc(Br)c(C(=O)O)c1. The van der Waals surface area contributed by atoms with Gasteiger partial charge in [0.15, 0.2) is 0 Å². The van der Waals surface area contributed by atoms with Gasteiger partial charge in [-0.1, -0.05) is 0 Å². The second kappa shape index (κ2) is 6.65. The highest BCUT2D eigenvalue weighted by atomic mass is 79.9. The molecule has 1 unspecified atom stereocenters. The fourth-order valence-corrected chi connectivity index (χ4v) is 2.65. The minimum Gasteiger partial charge on any atom is -0.478 e. The third-order valence-corrected chi connectivity index (χ3v) is 4.06. The molecule has 18 heavy (non-hydrogen) atoms. The van der Waals surface area contributed by atoms with Crippen LogP contribution in [0, 0.1) is 0 Å². The van der Waals surface area contributed by atoms with Crippen LogP contribution in [-0.4, -0.2) is 33.5 Å². The molecule has 0 aliphatic heterocycles. The Kier molecular flexibility index (Phi) is 5.49. The summed E-state index contributed by atoms with van der Waals surface area (Å²) < 4.78 is 12.3. The van der Waals surface area contributed by atoms with Gasteiger partial charge >= 0.3 is 5.97 Å². The molecule has 0 aliphatic carbocycles. The van der Waals surface area contributed by atoms with Gasteiger partial charge in [0.2, 0.25) is 5.91 Å². The molecule has 0 spiro atoms. The molecule has 1 aromatic carbocycles. The van der Waals surface area contributed by atoms with Crippen LogP contribution in [0.5, 0.6) is 0 Å². The van der Waals surface area contributed by atoms with Crippen LogP contribution < -0.4 is 5.32 Å². The molecule has 1 atom stereocenters. The zero-order chi connectivity index (χ0) is 13.7. The lowest BCUT2D eigenvalue weighted by Gasteiger charge is -2.05. The van der Waals surface area contributed by atoms with Crippen molar-refractivity contribution in [1.29, 1.82) is 0 Å². The van der Waals surface area contributed by atoms with Crippen molar-refractivity contribution in [3.63, 3.8) is 0 Å². The van der Waals surface area contributed by atoms with Crippen molar-refractivity contribution < 1.29 is 18.9 Å². The number of hydrogen-bond acceptors (Lipinski definition) is 3. The highest BCUT2D eigenvalue weighted by Gasteiger charge is 2.14. The number of rotatable bonds is 5. The van der Waals surface area contributed by atoms with E-state index in [-0.39, 0.29) is 17.2 Å². The lowest BCUT2D eigenvalue weighted by atomic mass is 10.2. The predicted molar refractivity (Wildman–Crippen MR) is 71.1 cm³/mol. The number of halogens is 1. The predicted octanol–water partition coefficient (Wildman–Crippen LogP) is 1.39. The van der Waals surface area contributed by atoms with Crippen LogP contribution in [0.15, 0.2) is 27.6 Å². The molecule has 0 bridgehead atoms. The van der Waals surface area contributed by atoms with Gasteiger partial charge in [0.05, 0.1) is 16.4 Å². The fraction of sp³-hybridized carbons (Fsp3) is 0.273. The summed E-state index contributed by atoms with van der Waals surface area (Å²) in [5.74, 6) is -1.61. The van der Waals surface area contributed by atoms with Crippen LogP contribution in [0.3, 0.4) is 0 Å². The summed E-state index contributed by atoms with van der Waals surface area (Å²) in [6.45, 7) is 2.24. The summed E-state index contributed by atoms with van der Waals surface area (Å²) in [6.07, 6.45) is 0. The molecule has 0 fully saturated rings. The number of benzene rings is 1. The average molecular weight is 334 g/mol. The summed E-state index contributed by atoms with van der Waals surface area (Å²) in [6, 6.07) is 4.35. The van der Waals surface area contributed by atoms with Gasteiger partial charge in [-0.05, 0) is 41.1 Å². The molecule has 7 heteroatoms. The standard InChI is InChI=1S/C11H12BrNO4S/c1-2-13-10(14)6-18(17)7-3-4-9(12)8(5-7)11(15)16/h3-5H,2,6H2,1H3,(H,13,14)(H,15,16). The molecule has 2 N–H and O–H groups in total. The first-order chi connectivity index (χ1) is 8.45. The molecule has 5 nitrogen and oxygen atoms in total. The summed E-state index contributed by atoms with van der Waals surface area (Å²) in [5.41, 5.74) is 0.0248. The van der Waals surface area contributed by atoms with Crippen LogP contribution >= 0.6 is 15.9 Å². The fourth-order valence-electron chi connectivity index (χ4n) is 1.26. The summed E-state index contributed by atoms with van der Waals surface area (Å²) in [4.78, 5) is 22.5. The maximum Gasteiger partial charge on any atom is 0.336 e. The molecule has 1 rings (SSSR count). The number of carboxylic acids is 1. The van der Waals surface area contributed by atoms with E-state index >= 15 is 0 Å². The van der Waals surface area contributed by atoms with Crippen molar-refractivity contribution >= 4 is 38.6 Å². The molecule has 0 aliphatic rings. The van der Waals surface area contributed by atoms with E-state index in [1.54, 1.807) is 6.92 Å². The van der Waals surface area contributed by atoms with Gasteiger partial charge in [-0.15, -0.1) is 0 Å². The number of hydrogen-bond donors (Lipinski definition) is 2. The first-order valence-electron chi connectivity index (χ1n) is 5.13. The van der Waals surface area contributed by atoms with Crippen LogP contribution in [0.1, 0.15) is 17.3 Å². The highest BCUT2D eigenvalue weighted by molar-refractivity contribution is 9.10. The largest absolute Gasteiger partial charge is 0.478 e. The van der Waals surface area contributed by atoms with Crippen LogP contribution in [-0.2, 0) is 15.6 Å². The van der Waals surface area contributed by atoms with Gasteiger partial charge in [0.25, 0.3) is 0 Å². The molecular formula is C11H12BrNO4S. The monoisotopic (exact) mass is 333 g/mol. The smallest absolute Gasteiger partial charge is 0.336 e. The Morgan fingerprint density at radius 1 is 1.44 bits per heavy atom. The normalized spacial score (nSPS) is 11.9. The first kappa shape index (κ1) is 14.8. The summed E-state index contributed by atoms with van der Waals surface area (Å²) in [5, 5.41) is 11.5. The molecule has 0 aromatic heterocycles. The first-order valence-corrected chi connectivity index (χ1v) is 7.24. The zero-order valence-corrected chi connectivity index (χ0v) is 12.0. The molecular weight excluding hydrogens is 322 g/mol. The Balaban J connectivity index is 2.90. The van der Waals surface area contributed by atoms with Gasteiger partial charge in [0.1, 0.15) is 5.75 Å². The van der Waals surface area contributed by atoms with E-state index in [2.05, 4.69) is 21.2 Å². The van der Waals surface area contributed by atoms with Crippen molar-refractivity contribution in [1.82, 2.24) is 5.32 Å². The van der Waals surface area contributed by atoms with E-state index in [9.17, 15) is 13.8 Å². The molecule has 1 amide bonds. The van der Waals surface area contributed by atoms with E-state index in [0.717, 1.165) is 0 Å². The van der Waals surface area contributed by atoms with E-state index in [4.69, 9.17) is 5.11 Å². The highest BCUT2D eigenvalue weighted by Crippen LogP contribution is 2.20. The van der Waals surface area contributed by atoms with E-state index < -0.39 is 16.8 Å². The van der Waals surface area contributed by atoms with Crippen LogP contribution in [0.2, 0.25) is 0 Å². The molecule has 98 valence electrons. The van der Waals surface area contributed by atoms with Gasteiger partial charge in [-0.2, -0.15) is 0 Å². The number of carboxylic acid groups (broad SMARTS) is 1. The van der Waals surface area contributed by atoms with E-state index in [1.807, 2.05) is 0 Å². The van der Waals surface area contributed by atoms with E-state index in [1.165, 1.54) is 18.2 Å². The molecule has 0 saturated heterocycles. The van der Waals surface area contributed by atoms with Gasteiger partial charge in [-0.25, -0.2) is 4.79 Å². The number of nitrogens with one attached hydrogen (secondary N) is 1. The number of aromatic carboxylic acids is 1. The Labute approximate surface area is 115 Å². The minimum atomic E-state index is -1.55. The van der Waals surface area contributed by atoms with Crippen molar-refractivity contribution in [2.24, 2.45) is 0 Å². The third-order valence-electron chi connectivity index (χ3n) is 2.07. The van der Waals surface area contributed by atoms with Crippen molar-refractivity contribution in [2.75, 3.05) is 12.3 Å². The quantitative estimate of drug-likeness (QED) is 0.852. The van der Waals surface area contributed by atoms with Crippen molar-refractivity contribution in [3.05, 3.63) is 28.2 Å². The second-order valence-corrected chi connectivity index (χ2v) is 5.70. The Morgan fingerprint density at radius 3 is 2.67 bits per heavy atom. The van der Waals surface area contributed by atoms with Gasteiger partial charge < -0.3 is 10.4 Å². The topological polar surface area (TPSA) is 83.5 Å². The maximum absolute atomic E-state index is 11.9. The lowest BCUT2D eigenvalue weighted by Crippen LogP contribution is -2.27. The Morgan fingerprint density at radius 2 is 2.11 bits per heavy atom. The Bertz CT molecular complexity index is 504. The molecule has 0 heterocycles. The van der Waals surface area contributed by atoms with E-state index in [0.29, 0.717) is 15.9 Å². The zero-order valence-electron chi connectivity index (χ0n) is 9.60. The van der Waals surface area contributed by atoms with Crippen molar-refractivity contribution in [2.45, 2.75) is 11.8 Å². The lowest BCUT2D eigenvalue weighted by molar-refractivity contribution is -0.118. The summed E-state index contributed by atoms with van der Waals surface area (Å²) in [7, 11) is -1.55. The van der Waals surface area contributed by atoms with Crippen LogP contribution in [0.4, 0.5) is 0 Å². The molecule has 0 radical (unpaired) electrons. The second-order valence-electron chi connectivity index (χ2n) is 3.39. The molecule has 1 aromatic rings. The number of carbonyl (C=O) groups is 2. The molecule has 0 saturated carbocycles. The van der Waals surface area contributed by atoms with Gasteiger partial charge in [-0.3, -0.25) is 9.00 Å². The van der Waals surface area contributed by atoms with Gasteiger partial charge in [0, 0.05) is 15.9 Å². The van der Waals surface area contributed by atoms with Crippen LogP contribution in [0.25, 0.3) is 0 Å².